The second kappa shape index (κ2) is 6.44. The molecule has 2 saturated carbocycles. The highest BCUT2D eigenvalue weighted by Gasteiger charge is 2.61. The Morgan fingerprint density at radius 1 is 1.33 bits per heavy atom. The van der Waals surface area contributed by atoms with Gasteiger partial charge in [-0.2, -0.15) is 21.6 Å². The first kappa shape index (κ1) is 18.7. The molecule has 0 aromatic rings. The van der Waals surface area contributed by atoms with Crippen molar-refractivity contribution < 1.29 is 25.8 Å². The van der Waals surface area contributed by atoms with E-state index in [-0.39, 0.29) is 11.2 Å². The molecule has 2 aliphatic carbocycles. The molecule has 4 atom stereocenters. The van der Waals surface area contributed by atoms with Crippen molar-refractivity contribution >= 4 is 10.1 Å². The van der Waals surface area contributed by atoms with Crippen LogP contribution in [0, 0.1) is 17.3 Å². The van der Waals surface area contributed by atoms with E-state index >= 15 is 0 Å². The molecule has 0 radical (unpaired) electrons. The number of halogens is 3. The van der Waals surface area contributed by atoms with Crippen molar-refractivity contribution in [3.05, 3.63) is 0 Å². The van der Waals surface area contributed by atoms with Crippen molar-refractivity contribution in [3.63, 3.8) is 0 Å². The van der Waals surface area contributed by atoms with E-state index in [2.05, 4.69) is 4.18 Å². The van der Waals surface area contributed by atoms with Gasteiger partial charge < -0.3 is 0 Å². The van der Waals surface area contributed by atoms with Gasteiger partial charge in [-0.05, 0) is 44.4 Å². The monoisotopic (exact) mass is 330 g/mol. The molecular formula is C14H25F3O3S. The zero-order chi connectivity index (χ0) is 16.5. The quantitative estimate of drug-likeness (QED) is 0.731. The molecule has 21 heavy (non-hydrogen) atoms. The highest BCUT2D eigenvalue weighted by molar-refractivity contribution is 7.87. The van der Waals surface area contributed by atoms with E-state index < -0.39 is 21.7 Å². The van der Waals surface area contributed by atoms with E-state index in [1.807, 2.05) is 0 Å². The van der Waals surface area contributed by atoms with Gasteiger partial charge in [0.05, 0.1) is 17.8 Å². The van der Waals surface area contributed by atoms with Gasteiger partial charge >= 0.3 is 6.18 Å². The minimum Gasteiger partial charge on any atom is -0.273 e. The molecule has 7 heteroatoms. The van der Waals surface area contributed by atoms with Gasteiger partial charge in [0, 0.05) is 0 Å². The molecule has 126 valence electrons. The maximum absolute atomic E-state index is 12.6. The summed E-state index contributed by atoms with van der Waals surface area (Å²) in [6.45, 7) is 4.83. The average molecular weight is 330 g/mol. The van der Waals surface area contributed by atoms with E-state index in [0.29, 0.717) is 18.8 Å². The van der Waals surface area contributed by atoms with Crippen molar-refractivity contribution in [1.29, 1.82) is 0 Å². The maximum Gasteiger partial charge on any atom is 0.394 e. The van der Waals surface area contributed by atoms with Gasteiger partial charge in [-0.25, -0.2) is 0 Å². The minimum absolute atomic E-state index is 0.0810. The van der Waals surface area contributed by atoms with Gasteiger partial charge in [-0.3, -0.25) is 4.18 Å². The molecule has 0 aromatic heterocycles. The zero-order valence-corrected chi connectivity index (χ0v) is 13.9. The van der Waals surface area contributed by atoms with Gasteiger partial charge in [-0.15, -0.1) is 0 Å². The summed E-state index contributed by atoms with van der Waals surface area (Å²) in [4.78, 5) is 0. The average Bonchev–Trinajstić information content (AvgIpc) is 2.98. The lowest BCUT2D eigenvalue weighted by atomic mass is 9.74. The summed E-state index contributed by atoms with van der Waals surface area (Å²) in [6, 6.07) is 0. The summed E-state index contributed by atoms with van der Waals surface area (Å²) in [7, 11) is -2.07. The van der Waals surface area contributed by atoms with Crippen LogP contribution >= 0.6 is 0 Å². The van der Waals surface area contributed by atoms with E-state index in [0.717, 1.165) is 19.3 Å². The third kappa shape index (κ3) is 3.92. The van der Waals surface area contributed by atoms with Gasteiger partial charge in [0.2, 0.25) is 0 Å². The molecule has 0 aromatic carbocycles. The summed E-state index contributed by atoms with van der Waals surface area (Å²) in [5.74, 6) is 0.282. The molecule has 2 aliphatic rings. The van der Waals surface area contributed by atoms with Gasteiger partial charge in [-0.1, -0.05) is 20.3 Å². The number of alkyl halides is 3. The summed E-state index contributed by atoms with van der Waals surface area (Å²) in [6.07, 6.45) is -0.378. The van der Waals surface area contributed by atoms with Crippen LogP contribution < -0.4 is 0 Å². The lowest BCUT2D eigenvalue weighted by Gasteiger charge is -2.35. The Balaban J connectivity index is 0.000000222. The Labute approximate surface area is 125 Å². The van der Waals surface area contributed by atoms with Crippen LogP contribution in [0.3, 0.4) is 0 Å². The van der Waals surface area contributed by atoms with Gasteiger partial charge in [0.15, 0.2) is 0 Å². The Morgan fingerprint density at radius 2 is 1.90 bits per heavy atom. The number of fused-ring (bicyclic) bond motifs is 2. The van der Waals surface area contributed by atoms with Crippen LogP contribution in [0.25, 0.3) is 0 Å². The first-order chi connectivity index (χ1) is 9.48. The molecule has 4 unspecified atom stereocenters. The Hall–Kier alpha value is -0.300. The molecule has 0 aliphatic heterocycles. The fourth-order valence-corrected chi connectivity index (χ4v) is 4.06. The predicted molar refractivity (Wildman–Crippen MR) is 75.3 cm³/mol. The summed E-state index contributed by atoms with van der Waals surface area (Å²) >= 11 is 0. The molecule has 2 rings (SSSR count). The lowest BCUT2D eigenvalue weighted by Crippen LogP contribution is -2.39. The van der Waals surface area contributed by atoms with Crippen LogP contribution in [-0.4, -0.2) is 27.0 Å². The van der Waals surface area contributed by atoms with E-state index in [4.69, 9.17) is 0 Å². The van der Waals surface area contributed by atoms with Crippen LogP contribution in [-0.2, 0) is 14.3 Å². The van der Waals surface area contributed by atoms with Gasteiger partial charge in [0.25, 0.3) is 10.1 Å². The molecule has 0 spiro atoms. The van der Waals surface area contributed by atoms with E-state index in [1.54, 1.807) is 13.8 Å². The third-order valence-corrected chi connectivity index (χ3v) is 6.89. The molecule has 2 fully saturated rings. The number of hydrogen-bond acceptors (Lipinski definition) is 3. The third-order valence-electron chi connectivity index (χ3n) is 5.10. The highest BCUT2D eigenvalue weighted by Crippen LogP contribution is 2.62. The topological polar surface area (TPSA) is 43.4 Å². The van der Waals surface area contributed by atoms with Crippen molar-refractivity contribution in [2.75, 3.05) is 7.11 Å². The van der Waals surface area contributed by atoms with Crippen LogP contribution in [0.2, 0.25) is 0 Å². The standard InChI is InChI=1S/C9H13F3.C5H12O3S/c1-8(9(10,11)12)5-6-2-3-7(8)4-6;1-4-5(2)9(6,7)8-3/h6-7H,2-5H2,1H3;5H,4H2,1-3H3. The number of rotatable bonds is 3. The Kier molecular flexibility index (Phi) is 5.75. The summed E-state index contributed by atoms with van der Waals surface area (Å²) < 4.78 is 63.5. The normalized spacial score (nSPS) is 33.5. The fourth-order valence-electron chi connectivity index (χ4n) is 3.32. The van der Waals surface area contributed by atoms with Crippen molar-refractivity contribution in [1.82, 2.24) is 0 Å². The Bertz CT molecular complexity index is 447. The molecule has 0 N–H and O–H groups in total. The molecule has 2 bridgehead atoms. The largest absolute Gasteiger partial charge is 0.394 e. The first-order valence-corrected chi connectivity index (χ1v) is 8.81. The second-order valence-electron chi connectivity index (χ2n) is 6.37. The number of hydrogen-bond donors (Lipinski definition) is 0. The maximum atomic E-state index is 12.6. The lowest BCUT2D eigenvalue weighted by molar-refractivity contribution is -0.234. The minimum atomic E-state index is -3.98. The van der Waals surface area contributed by atoms with Crippen LogP contribution in [0.15, 0.2) is 0 Å². The molecular weight excluding hydrogens is 305 g/mol. The van der Waals surface area contributed by atoms with Crippen molar-refractivity contribution in [2.24, 2.45) is 17.3 Å². The van der Waals surface area contributed by atoms with Crippen LogP contribution in [0.4, 0.5) is 13.2 Å². The van der Waals surface area contributed by atoms with Crippen LogP contribution in [0.5, 0.6) is 0 Å². The predicted octanol–water partition coefficient (Wildman–Crippen LogP) is 4.14. The van der Waals surface area contributed by atoms with Crippen molar-refractivity contribution in [3.8, 4) is 0 Å². The van der Waals surface area contributed by atoms with Gasteiger partial charge in [0.1, 0.15) is 0 Å². The highest BCUT2D eigenvalue weighted by atomic mass is 32.2. The van der Waals surface area contributed by atoms with Crippen LogP contribution in [0.1, 0.15) is 52.9 Å². The molecule has 0 amide bonds. The van der Waals surface area contributed by atoms with E-state index in [1.165, 1.54) is 14.0 Å². The Morgan fingerprint density at radius 3 is 2.10 bits per heavy atom. The SMILES string of the molecule is CC1(C(F)(F)F)CC2CCC1C2.CCC(C)S(=O)(=O)OC. The fraction of sp³-hybridized carbons (Fsp3) is 1.00. The zero-order valence-electron chi connectivity index (χ0n) is 13.0. The van der Waals surface area contributed by atoms with Crippen molar-refractivity contribution in [2.45, 2.75) is 64.3 Å². The van der Waals surface area contributed by atoms with E-state index in [9.17, 15) is 21.6 Å². The molecule has 0 saturated heterocycles. The second-order valence-corrected chi connectivity index (χ2v) is 8.50. The first-order valence-electron chi connectivity index (χ1n) is 7.34. The summed E-state index contributed by atoms with van der Waals surface area (Å²) in [5.41, 5.74) is -1.35. The smallest absolute Gasteiger partial charge is 0.273 e. The molecule has 0 heterocycles. The summed E-state index contributed by atoms with van der Waals surface area (Å²) in [5, 5.41) is -0.387. The molecule has 3 nitrogen and oxygen atoms in total.